The van der Waals surface area contributed by atoms with E-state index in [-0.39, 0.29) is 11.7 Å². The Balaban J connectivity index is 1.71. The lowest BCUT2D eigenvalue weighted by Gasteiger charge is -2.22. The molecule has 1 N–H and O–H groups in total. The van der Waals surface area contributed by atoms with Crippen molar-refractivity contribution in [1.82, 2.24) is 9.88 Å². The van der Waals surface area contributed by atoms with Crippen LogP contribution in [-0.4, -0.2) is 20.9 Å². The Labute approximate surface area is 157 Å². The van der Waals surface area contributed by atoms with E-state index < -0.39 is 0 Å². The van der Waals surface area contributed by atoms with Gasteiger partial charge in [0.05, 0.1) is 6.54 Å². The average molecular weight is 366 g/mol. The fraction of sp³-hybridized carbons (Fsp3) is 0.238. The predicted octanol–water partition coefficient (Wildman–Crippen LogP) is 4.32. The number of carbonyl (C=O) groups excluding carboxylic acids is 1. The van der Waals surface area contributed by atoms with Crippen LogP contribution in [0, 0.1) is 6.92 Å². The highest BCUT2D eigenvalue weighted by Gasteiger charge is 2.16. The van der Waals surface area contributed by atoms with Crippen LogP contribution in [0.5, 0.6) is 5.75 Å². The third-order valence-electron chi connectivity index (χ3n) is 4.22. The molecule has 5 heteroatoms. The monoisotopic (exact) mass is 366 g/mol. The summed E-state index contributed by atoms with van der Waals surface area (Å²) in [5, 5.41) is 9.90. The Morgan fingerprint density at radius 2 is 1.85 bits per heavy atom. The Morgan fingerprint density at radius 3 is 2.54 bits per heavy atom. The van der Waals surface area contributed by atoms with Crippen LogP contribution in [0.3, 0.4) is 0 Å². The van der Waals surface area contributed by atoms with Crippen molar-refractivity contribution in [1.29, 1.82) is 0 Å². The van der Waals surface area contributed by atoms with E-state index in [9.17, 15) is 9.90 Å². The van der Waals surface area contributed by atoms with E-state index in [1.54, 1.807) is 35.9 Å². The number of carbonyl (C=O) groups is 1. The molecule has 0 aliphatic heterocycles. The number of aryl methyl sites for hydroxylation is 2. The number of amides is 1. The molecule has 0 spiro atoms. The molecule has 3 rings (SSSR count). The minimum atomic E-state index is 0.0797. The summed E-state index contributed by atoms with van der Waals surface area (Å²) in [5.41, 5.74) is 1.86. The molecule has 134 valence electrons. The molecule has 0 atom stereocenters. The van der Waals surface area contributed by atoms with Crippen LogP contribution in [0.15, 0.2) is 60.9 Å². The first-order chi connectivity index (χ1) is 12.6. The van der Waals surface area contributed by atoms with E-state index in [1.165, 1.54) is 9.75 Å². The number of thiophene rings is 1. The number of aromatic hydroxyl groups is 1. The third kappa shape index (κ3) is 4.92. The lowest BCUT2D eigenvalue weighted by Crippen LogP contribution is -2.30. The topological polar surface area (TPSA) is 53.4 Å². The maximum absolute atomic E-state index is 12.9. The van der Waals surface area contributed by atoms with Gasteiger partial charge in [-0.1, -0.05) is 18.2 Å². The predicted molar refractivity (Wildman–Crippen MR) is 104 cm³/mol. The quantitative estimate of drug-likeness (QED) is 0.677. The first-order valence-electron chi connectivity index (χ1n) is 8.60. The van der Waals surface area contributed by atoms with Gasteiger partial charge in [-0.3, -0.25) is 9.78 Å². The van der Waals surface area contributed by atoms with Crippen molar-refractivity contribution in [3.63, 3.8) is 0 Å². The zero-order valence-corrected chi connectivity index (χ0v) is 15.6. The fourth-order valence-corrected chi connectivity index (χ4v) is 3.73. The van der Waals surface area contributed by atoms with Gasteiger partial charge in [0, 0.05) is 35.1 Å². The number of aromatic nitrogens is 1. The van der Waals surface area contributed by atoms with Crippen LogP contribution >= 0.6 is 11.3 Å². The molecule has 4 nitrogen and oxygen atoms in total. The number of pyridine rings is 1. The van der Waals surface area contributed by atoms with E-state index in [1.807, 2.05) is 29.2 Å². The van der Waals surface area contributed by atoms with Gasteiger partial charge in [0.25, 0.3) is 0 Å². The molecule has 3 aromatic rings. The summed E-state index contributed by atoms with van der Waals surface area (Å²) in [5.74, 6) is 0.325. The Hall–Kier alpha value is -2.66. The molecule has 1 aromatic carbocycles. The lowest BCUT2D eigenvalue weighted by atomic mass is 10.1. The molecule has 0 fully saturated rings. The van der Waals surface area contributed by atoms with Crippen LogP contribution in [0.25, 0.3) is 0 Å². The summed E-state index contributed by atoms with van der Waals surface area (Å²) < 4.78 is 0. The molecule has 0 aliphatic carbocycles. The van der Waals surface area contributed by atoms with Crippen molar-refractivity contribution in [2.75, 3.05) is 0 Å². The van der Waals surface area contributed by atoms with Gasteiger partial charge in [-0.15, -0.1) is 11.3 Å². The van der Waals surface area contributed by atoms with E-state index in [0.717, 1.165) is 11.1 Å². The minimum Gasteiger partial charge on any atom is -0.508 e. The number of rotatable bonds is 7. The standard InChI is InChI=1S/C21H22N2O2S/c1-16-6-8-19(26-16)15-23(14-17-10-12-22-13-11-17)21(25)9-7-18-4-2-3-5-20(18)24/h2-6,8,10-13,24H,7,9,14-15H2,1H3. The van der Waals surface area contributed by atoms with Crippen LogP contribution in [-0.2, 0) is 24.3 Å². The van der Waals surface area contributed by atoms with E-state index >= 15 is 0 Å². The van der Waals surface area contributed by atoms with Gasteiger partial charge >= 0.3 is 0 Å². The van der Waals surface area contributed by atoms with E-state index in [2.05, 4.69) is 24.0 Å². The molecular weight excluding hydrogens is 344 g/mol. The normalized spacial score (nSPS) is 10.7. The zero-order chi connectivity index (χ0) is 18.4. The molecule has 0 radical (unpaired) electrons. The summed E-state index contributed by atoms with van der Waals surface area (Å²) in [6.45, 7) is 3.22. The molecule has 0 saturated heterocycles. The number of hydrogen-bond donors (Lipinski definition) is 1. The van der Waals surface area contributed by atoms with Crippen LogP contribution in [0.4, 0.5) is 0 Å². The number of phenols is 1. The average Bonchev–Trinajstić information content (AvgIpc) is 3.06. The summed E-state index contributed by atoms with van der Waals surface area (Å²) in [6.07, 6.45) is 4.39. The highest BCUT2D eigenvalue weighted by atomic mass is 32.1. The van der Waals surface area contributed by atoms with Crippen LogP contribution in [0.2, 0.25) is 0 Å². The summed E-state index contributed by atoms with van der Waals surface area (Å²) in [4.78, 5) is 21.2. The molecule has 26 heavy (non-hydrogen) atoms. The van der Waals surface area contributed by atoms with Gasteiger partial charge in [-0.25, -0.2) is 0 Å². The zero-order valence-electron chi connectivity index (χ0n) is 14.8. The highest BCUT2D eigenvalue weighted by Crippen LogP contribution is 2.21. The van der Waals surface area contributed by atoms with Crippen molar-refractivity contribution < 1.29 is 9.90 Å². The number of hydrogen-bond acceptors (Lipinski definition) is 4. The lowest BCUT2D eigenvalue weighted by molar-refractivity contribution is -0.132. The molecular formula is C21H22N2O2S. The van der Waals surface area contributed by atoms with Crippen molar-refractivity contribution in [2.24, 2.45) is 0 Å². The Bertz CT molecular complexity index is 861. The van der Waals surface area contributed by atoms with Gasteiger partial charge in [0.15, 0.2) is 0 Å². The van der Waals surface area contributed by atoms with Crippen LogP contribution in [0.1, 0.15) is 27.3 Å². The summed E-state index contributed by atoms with van der Waals surface area (Å²) in [7, 11) is 0. The summed E-state index contributed by atoms with van der Waals surface area (Å²) >= 11 is 1.71. The highest BCUT2D eigenvalue weighted by molar-refractivity contribution is 7.11. The molecule has 0 saturated carbocycles. The first kappa shape index (κ1) is 18.1. The van der Waals surface area contributed by atoms with Gasteiger partial charge in [-0.2, -0.15) is 0 Å². The first-order valence-corrected chi connectivity index (χ1v) is 9.42. The van der Waals surface area contributed by atoms with Crippen molar-refractivity contribution in [3.8, 4) is 5.75 Å². The number of nitrogens with zero attached hydrogens (tertiary/aromatic N) is 2. The second-order valence-corrected chi connectivity index (χ2v) is 7.62. The largest absolute Gasteiger partial charge is 0.508 e. The molecule has 2 aromatic heterocycles. The maximum atomic E-state index is 12.9. The van der Waals surface area contributed by atoms with E-state index in [4.69, 9.17) is 0 Å². The van der Waals surface area contributed by atoms with Gasteiger partial charge in [0.1, 0.15) is 5.75 Å². The van der Waals surface area contributed by atoms with Gasteiger partial charge < -0.3 is 10.0 Å². The smallest absolute Gasteiger partial charge is 0.223 e. The minimum absolute atomic E-state index is 0.0797. The van der Waals surface area contributed by atoms with Gasteiger partial charge in [0.2, 0.25) is 5.91 Å². The van der Waals surface area contributed by atoms with Crippen molar-refractivity contribution >= 4 is 17.2 Å². The third-order valence-corrected chi connectivity index (χ3v) is 5.20. The van der Waals surface area contributed by atoms with Crippen molar-refractivity contribution in [3.05, 3.63) is 81.8 Å². The molecule has 1 amide bonds. The van der Waals surface area contributed by atoms with E-state index in [0.29, 0.717) is 25.9 Å². The number of para-hydroxylation sites is 1. The molecule has 2 heterocycles. The van der Waals surface area contributed by atoms with Crippen molar-refractivity contribution in [2.45, 2.75) is 32.9 Å². The van der Waals surface area contributed by atoms with Gasteiger partial charge in [-0.05, 0) is 54.8 Å². The number of phenolic OH excluding ortho intramolecular Hbond substituents is 1. The maximum Gasteiger partial charge on any atom is 0.223 e. The summed E-state index contributed by atoms with van der Waals surface area (Å²) in [6, 6.07) is 15.2. The second kappa shape index (κ2) is 8.63. The molecule has 0 bridgehead atoms. The van der Waals surface area contributed by atoms with Crippen LogP contribution < -0.4 is 0 Å². The fourth-order valence-electron chi connectivity index (χ4n) is 2.82. The second-order valence-electron chi connectivity index (χ2n) is 6.25. The molecule has 0 unspecified atom stereocenters. The number of benzene rings is 1. The SMILES string of the molecule is Cc1ccc(CN(Cc2ccncc2)C(=O)CCc2ccccc2O)s1. The molecule has 0 aliphatic rings. The Kier molecular flexibility index (Phi) is 6.02. The Morgan fingerprint density at radius 1 is 1.08 bits per heavy atom.